The van der Waals surface area contributed by atoms with Crippen LogP contribution in [0, 0.1) is 0 Å². The molecule has 0 heterocycles. The summed E-state index contributed by atoms with van der Waals surface area (Å²) < 4.78 is 24.6. The summed E-state index contributed by atoms with van der Waals surface area (Å²) in [6, 6.07) is 5.15. The average molecular weight is 347 g/mol. The summed E-state index contributed by atoms with van der Waals surface area (Å²) in [6.07, 6.45) is 0.530. The lowest BCUT2D eigenvalue weighted by molar-refractivity contribution is 0.587. The fourth-order valence-corrected chi connectivity index (χ4v) is 2.58. The molecule has 1 aromatic carbocycles. The molecule has 0 atom stereocenters. The number of rotatable bonds is 5. The lowest BCUT2D eigenvalue weighted by Gasteiger charge is -2.06. The van der Waals surface area contributed by atoms with Crippen LogP contribution in [0.5, 0.6) is 0 Å². The van der Waals surface area contributed by atoms with Crippen molar-refractivity contribution in [3.8, 4) is 0 Å². The highest BCUT2D eigenvalue weighted by molar-refractivity contribution is 9.10. The van der Waals surface area contributed by atoms with Crippen molar-refractivity contribution in [2.24, 2.45) is 0 Å². The van der Waals surface area contributed by atoms with Crippen LogP contribution in [0.3, 0.4) is 0 Å². The van der Waals surface area contributed by atoms with E-state index < -0.39 is 10.0 Å². The van der Waals surface area contributed by atoms with E-state index in [1.54, 1.807) is 18.2 Å². The molecule has 1 aromatic rings. The standard InChI is InChI=1S/C9H10BrCl2NO2S/c10-6-16(14,15)13-4-3-7-1-2-8(11)5-9(7)12/h1-2,5,13H,3-4,6H2. The van der Waals surface area contributed by atoms with E-state index in [0.717, 1.165) is 5.56 Å². The highest BCUT2D eigenvalue weighted by atomic mass is 79.9. The number of sulfonamides is 1. The van der Waals surface area contributed by atoms with E-state index in [0.29, 0.717) is 23.0 Å². The van der Waals surface area contributed by atoms with Crippen molar-refractivity contribution < 1.29 is 8.42 Å². The lowest BCUT2D eigenvalue weighted by Crippen LogP contribution is -2.26. The van der Waals surface area contributed by atoms with Gasteiger partial charge >= 0.3 is 0 Å². The Labute approximate surface area is 113 Å². The van der Waals surface area contributed by atoms with Crippen molar-refractivity contribution in [2.45, 2.75) is 6.42 Å². The summed E-state index contributed by atoms with van der Waals surface area (Å²) in [6.45, 7) is 0.315. The van der Waals surface area contributed by atoms with Gasteiger partial charge in [0.1, 0.15) is 4.66 Å². The maximum Gasteiger partial charge on any atom is 0.221 e. The number of hydrogen-bond donors (Lipinski definition) is 1. The van der Waals surface area contributed by atoms with Crippen molar-refractivity contribution in [2.75, 3.05) is 11.2 Å². The Morgan fingerprint density at radius 2 is 2.00 bits per heavy atom. The highest BCUT2D eigenvalue weighted by Gasteiger charge is 2.07. The summed E-state index contributed by atoms with van der Waals surface area (Å²) in [5, 5.41) is 1.11. The Morgan fingerprint density at radius 3 is 2.56 bits per heavy atom. The monoisotopic (exact) mass is 345 g/mol. The molecule has 0 radical (unpaired) electrons. The van der Waals surface area contributed by atoms with E-state index in [-0.39, 0.29) is 4.66 Å². The van der Waals surface area contributed by atoms with E-state index >= 15 is 0 Å². The van der Waals surface area contributed by atoms with E-state index in [1.165, 1.54) is 0 Å². The van der Waals surface area contributed by atoms with Crippen LogP contribution in [0.15, 0.2) is 18.2 Å². The molecule has 1 N–H and O–H groups in total. The van der Waals surface area contributed by atoms with Gasteiger partial charge in [-0.25, -0.2) is 13.1 Å². The van der Waals surface area contributed by atoms with Crippen LogP contribution in [0.1, 0.15) is 5.56 Å². The van der Waals surface area contributed by atoms with Gasteiger partial charge in [0.2, 0.25) is 10.0 Å². The maximum atomic E-state index is 11.1. The molecule has 90 valence electrons. The van der Waals surface area contributed by atoms with Crippen molar-refractivity contribution in [1.29, 1.82) is 0 Å². The Balaban J connectivity index is 2.56. The molecule has 1 rings (SSSR count). The molecule has 0 fully saturated rings. The molecule has 0 spiro atoms. The van der Waals surface area contributed by atoms with Crippen LogP contribution in [0.25, 0.3) is 0 Å². The van der Waals surface area contributed by atoms with Crippen molar-refractivity contribution in [3.63, 3.8) is 0 Å². The zero-order chi connectivity index (χ0) is 12.2. The van der Waals surface area contributed by atoms with Gasteiger partial charge in [0.05, 0.1) is 0 Å². The number of alkyl halides is 1. The molecule has 0 aromatic heterocycles. The molecule has 0 saturated carbocycles. The van der Waals surface area contributed by atoms with Gasteiger partial charge in [-0.2, -0.15) is 0 Å². The molecule has 0 bridgehead atoms. The molecule has 0 amide bonds. The number of benzene rings is 1. The van der Waals surface area contributed by atoms with Gasteiger partial charge < -0.3 is 0 Å². The molecule has 0 aliphatic carbocycles. The second-order valence-corrected chi connectivity index (χ2v) is 7.06. The predicted octanol–water partition coefficient (Wildman–Crippen LogP) is 2.81. The summed E-state index contributed by atoms with van der Waals surface area (Å²) in [5.74, 6) is 0. The molecular weight excluding hydrogens is 337 g/mol. The molecule has 16 heavy (non-hydrogen) atoms. The van der Waals surface area contributed by atoms with Crippen LogP contribution in [0.2, 0.25) is 10.0 Å². The normalized spacial score (nSPS) is 11.7. The minimum atomic E-state index is -3.21. The van der Waals surface area contributed by atoms with Crippen molar-refractivity contribution in [1.82, 2.24) is 4.72 Å². The third kappa shape index (κ3) is 4.59. The number of nitrogens with one attached hydrogen (secondary N) is 1. The molecule has 7 heteroatoms. The highest BCUT2D eigenvalue weighted by Crippen LogP contribution is 2.21. The van der Waals surface area contributed by atoms with Crippen LogP contribution < -0.4 is 4.72 Å². The van der Waals surface area contributed by atoms with Crippen LogP contribution in [0.4, 0.5) is 0 Å². The summed E-state index contributed by atoms with van der Waals surface area (Å²) in [7, 11) is -3.21. The topological polar surface area (TPSA) is 46.2 Å². The zero-order valence-electron chi connectivity index (χ0n) is 8.21. The molecule has 0 aliphatic rings. The van der Waals surface area contributed by atoms with Gasteiger partial charge in [-0.15, -0.1) is 0 Å². The number of halogens is 3. The average Bonchev–Trinajstić information content (AvgIpc) is 2.21. The maximum absolute atomic E-state index is 11.1. The van der Waals surface area contributed by atoms with Crippen LogP contribution in [-0.2, 0) is 16.4 Å². The molecule has 0 aliphatic heterocycles. The van der Waals surface area contributed by atoms with Gasteiger partial charge in [0.15, 0.2) is 0 Å². The fourth-order valence-electron chi connectivity index (χ4n) is 1.10. The first kappa shape index (κ1) is 14.3. The minimum Gasteiger partial charge on any atom is -0.214 e. The second-order valence-electron chi connectivity index (χ2n) is 3.10. The number of hydrogen-bond acceptors (Lipinski definition) is 2. The molecular formula is C9H10BrCl2NO2S. The van der Waals surface area contributed by atoms with Gasteiger partial charge in [-0.1, -0.05) is 45.2 Å². The molecule has 3 nitrogen and oxygen atoms in total. The van der Waals surface area contributed by atoms with E-state index in [1.807, 2.05) is 0 Å². The van der Waals surface area contributed by atoms with Crippen LogP contribution in [-0.4, -0.2) is 19.6 Å². The Hall–Kier alpha value is 0.190. The van der Waals surface area contributed by atoms with Crippen LogP contribution >= 0.6 is 39.1 Å². The smallest absolute Gasteiger partial charge is 0.214 e. The largest absolute Gasteiger partial charge is 0.221 e. The van der Waals surface area contributed by atoms with Gasteiger partial charge in [0.25, 0.3) is 0 Å². The Kier molecular flexibility index (Phi) is 5.53. The third-order valence-electron chi connectivity index (χ3n) is 1.88. The Bertz CT molecular complexity index is 465. The quantitative estimate of drug-likeness (QED) is 0.833. The first-order valence-corrected chi connectivity index (χ1v) is 7.95. The summed E-state index contributed by atoms with van der Waals surface area (Å²) in [4.78, 5) is 0. The second kappa shape index (κ2) is 6.21. The lowest BCUT2D eigenvalue weighted by atomic mass is 10.1. The van der Waals surface area contributed by atoms with Crippen molar-refractivity contribution >= 4 is 49.2 Å². The van der Waals surface area contributed by atoms with Gasteiger partial charge in [-0.3, -0.25) is 0 Å². The van der Waals surface area contributed by atoms with E-state index in [2.05, 4.69) is 20.7 Å². The third-order valence-corrected chi connectivity index (χ3v) is 5.20. The molecule has 0 unspecified atom stereocenters. The first-order chi connectivity index (χ1) is 7.44. The van der Waals surface area contributed by atoms with Gasteiger partial charge in [-0.05, 0) is 24.1 Å². The minimum absolute atomic E-state index is 0.103. The summed E-state index contributed by atoms with van der Waals surface area (Å²) >= 11 is 14.6. The van der Waals surface area contributed by atoms with Gasteiger partial charge in [0, 0.05) is 16.6 Å². The van der Waals surface area contributed by atoms with Crippen molar-refractivity contribution in [3.05, 3.63) is 33.8 Å². The predicted molar refractivity (Wildman–Crippen MR) is 70.9 cm³/mol. The Morgan fingerprint density at radius 1 is 1.31 bits per heavy atom. The summed E-state index contributed by atoms with van der Waals surface area (Å²) in [5.41, 5.74) is 0.864. The zero-order valence-corrected chi connectivity index (χ0v) is 12.1. The van der Waals surface area contributed by atoms with E-state index in [4.69, 9.17) is 23.2 Å². The fraction of sp³-hybridized carbons (Fsp3) is 0.333. The molecule has 0 saturated heterocycles. The first-order valence-electron chi connectivity index (χ1n) is 4.42. The SMILES string of the molecule is O=S(=O)(CBr)NCCc1ccc(Cl)cc1Cl. The van der Waals surface area contributed by atoms with E-state index in [9.17, 15) is 8.42 Å².